The molecule has 0 aromatic heterocycles. The van der Waals surface area contributed by atoms with Crippen molar-refractivity contribution in [3.05, 3.63) is 65.5 Å². The Labute approximate surface area is 118 Å². The second-order valence-electron chi connectivity index (χ2n) is 4.30. The van der Waals surface area contributed by atoms with E-state index in [-0.39, 0.29) is 17.8 Å². The van der Waals surface area contributed by atoms with Crippen LogP contribution in [-0.2, 0) is 6.42 Å². The van der Waals surface area contributed by atoms with Gasteiger partial charge in [-0.2, -0.15) is 0 Å². The van der Waals surface area contributed by atoms with Crippen molar-refractivity contribution in [2.24, 2.45) is 0 Å². The molecule has 0 spiro atoms. The minimum Gasteiger partial charge on any atom is -0.406 e. The maximum absolute atomic E-state index is 12.7. The van der Waals surface area contributed by atoms with Crippen LogP contribution in [0.4, 0.5) is 17.6 Å². The Morgan fingerprint density at radius 3 is 2.33 bits per heavy atom. The highest BCUT2D eigenvalue weighted by Gasteiger charge is 2.31. The third-order valence-corrected chi connectivity index (χ3v) is 2.67. The van der Waals surface area contributed by atoms with Crippen LogP contribution in [0.15, 0.2) is 48.5 Å². The third-order valence-electron chi connectivity index (χ3n) is 2.67. The number of hydrogen-bond acceptors (Lipinski definition) is 2. The van der Waals surface area contributed by atoms with E-state index in [9.17, 15) is 22.4 Å². The van der Waals surface area contributed by atoms with E-state index >= 15 is 0 Å². The Balaban J connectivity index is 2.12. The smallest absolute Gasteiger partial charge is 0.406 e. The minimum absolute atomic E-state index is 0.0320. The summed E-state index contributed by atoms with van der Waals surface area (Å²) in [6.45, 7) is 0. The van der Waals surface area contributed by atoms with E-state index in [2.05, 4.69) is 4.74 Å². The van der Waals surface area contributed by atoms with E-state index in [1.807, 2.05) is 0 Å². The molecule has 0 amide bonds. The molecule has 0 fully saturated rings. The number of ether oxygens (including phenoxy) is 1. The number of ketones is 1. The first-order valence-electron chi connectivity index (χ1n) is 5.97. The summed E-state index contributed by atoms with van der Waals surface area (Å²) in [5.74, 6) is -1.26. The monoisotopic (exact) mass is 298 g/mol. The number of halogens is 4. The molecule has 0 aliphatic carbocycles. The zero-order valence-corrected chi connectivity index (χ0v) is 10.7. The molecule has 0 heterocycles. The lowest BCUT2D eigenvalue weighted by Gasteiger charge is -2.09. The Morgan fingerprint density at radius 2 is 1.71 bits per heavy atom. The number of hydrogen-bond donors (Lipinski definition) is 0. The molecule has 0 radical (unpaired) electrons. The standard InChI is InChI=1S/C15H10F4O2/c16-12-6-4-10(5-7-12)8-14(20)11-2-1-3-13(9-11)21-15(17,18)19/h1-7,9H,8H2. The topological polar surface area (TPSA) is 26.3 Å². The predicted molar refractivity (Wildman–Crippen MR) is 67.6 cm³/mol. The Kier molecular flexibility index (Phi) is 4.26. The fraction of sp³-hybridized carbons (Fsp3) is 0.133. The van der Waals surface area contributed by atoms with Crippen LogP contribution in [0.2, 0.25) is 0 Å². The molecule has 0 N–H and O–H groups in total. The SMILES string of the molecule is O=C(Cc1ccc(F)cc1)c1cccc(OC(F)(F)F)c1. The van der Waals surface area contributed by atoms with Crippen molar-refractivity contribution in [1.82, 2.24) is 0 Å². The molecular weight excluding hydrogens is 288 g/mol. The number of Topliss-reactive ketones (excluding diaryl/α,β-unsaturated/α-hetero) is 1. The molecule has 0 unspecified atom stereocenters. The molecule has 6 heteroatoms. The first kappa shape index (κ1) is 15.0. The first-order chi connectivity index (χ1) is 9.83. The Hall–Kier alpha value is -2.37. The summed E-state index contributed by atoms with van der Waals surface area (Å²) in [5.41, 5.74) is 0.671. The van der Waals surface area contributed by atoms with E-state index in [1.165, 1.54) is 36.4 Å². The van der Waals surface area contributed by atoms with Crippen molar-refractivity contribution in [2.45, 2.75) is 12.8 Å². The summed E-state index contributed by atoms with van der Waals surface area (Å²) < 4.78 is 52.9. The molecule has 0 saturated carbocycles. The van der Waals surface area contributed by atoms with Crippen molar-refractivity contribution in [2.75, 3.05) is 0 Å². The summed E-state index contributed by atoms with van der Waals surface area (Å²) in [4.78, 5) is 12.0. The quantitative estimate of drug-likeness (QED) is 0.626. The van der Waals surface area contributed by atoms with E-state index in [4.69, 9.17) is 0 Å². The van der Waals surface area contributed by atoms with Crippen molar-refractivity contribution in [3.8, 4) is 5.75 Å². The van der Waals surface area contributed by atoms with Crippen LogP contribution in [0.1, 0.15) is 15.9 Å². The van der Waals surface area contributed by atoms with Crippen LogP contribution < -0.4 is 4.74 Å². The van der Waals surface area contributed by atoms with Crippen molar-refractivity contribution in [3.63, 3.8) is 0 Å². The lowest BCUT2D eigenvalue weighted by atomic mass is 10.0. The minimum atomic E-state index is -4.81. The second-order valence-corrected chi connectivity index (χ2v) is 4.30. The largest absolute Gasteiger partial charge is 0.573 e. The Bertz CT molecular complexity index is 633. The van der Waals surface area contributed by atoms with Gasteiger partial charge in [0.2, 0.25) is 0 Å². The second kappa shape index (κ2) is 5.95. The average Bonchev–Trinajstić information content (AvgIpc) is 2.40. The van der Waals surface area contributed by atoms with E-state index < -0.39 is 17.9 Å². The van der Waals surface area contributed by atoms with Gasteiger partial charge < -0.3 is 4.74 Å². The van der Waals surface area contributed by atoms with Crippen molar-refractivity contribution >= 4 is 5.78 Å². The maximum Gasteiger partial charge on any atom is 0.573 e. The number of rotatable bonds is 4. The molecular formula is C15H10F4O2. The van der Waals surface area contributed by atoms with Gasteiger partial charge in [0.05, 0.1) is 0 Å². The molecule has 0 aliphatic heterocycles. The molecule has 0 saturated heterocycles. The van der Waals surface area contributed by atoms with Gasteiger partial charge in [-0.1, -0.05) is 24.3 Å². The summed E-state index contributed by atoms with van der Waals surface area (Å²) >= 11 is 0. The fourth-order valence-corrected chi connectivity index (χ4v) is 1.76. The highest BCUT2D eigenvalue weighted by atomic mass is 19.4. The molecule has 2 nitrogen and oxygen atoms in total. The molecule has 2 aromatic rings. The van der Waals surface area contributed by atoms with Crippen molar-refractivity contribution < 1.29 is 27.1 Å². The van der Waals surface area contributed by atoms with Crippen LogP contribution >= 0.6 is 0 Å². The predicted octanol–water partition coefficient (Wildman–Crippen LogP) is 4.15. The molecule has 2 aromatic carbocycles. The molecule has 110 valence electrons. The number of carbonyl (C=O) groups is 1. The summed E-state index contributed by atoms with van der Waals surface area (Å²) in [6, 6.07) is 10.2. The average molecular weight is 298 g/mol. The summed E-state index contributed by atoms with van der Waals surface area (Å²) in [5, 5.41) is 0. The fourth-order valence-electron chi connectivity index (χ4n) is 1.76. The van der Waals surface area contributed by atoms with Gasteiger partial charge in [0.25, 0.3) is 0 Å². The molecule has 0 atom stereocenters. The van der Waals surface area contributed by atoms with E-state index in [0.29, 0.717) is 5.56 Å². The van der Waals surface area contributed by atoms with E-state index in [0.717, 1.165) is 12.1 Å². The lowest BCUT2D eigenvalue weighted by Crippen LogP contribution is -2.17. The lowest BCUT2D eigenvalue weighted by molar-refractivity contribution is -0.274. The van der Waals surface area contributed by atoms with Gasteiger partial charge in [0, 0.05) is 12.0 Å². The van der Waals surface area contributed by atoms with Gasteiger partial charge in [0.15, 0.2) is 5.78 Å². The van der Waals surface area contributed by atoms with Crippen LogP contribution in [0.25, 0.3) is 0 Å². The van der Waals surface area contributed by atoms with Gasteiger partial charge >= 0.3 is 6.36 Å². The Morgan fingerprint density at radius 1 is 1.05 bits per heavy atom. The maximum atomic E-state index is 12.7. The van der Waals surface area contributed by atoms with Gasteiger partial charge in [-0.25, -0.2) is 4.39 Å². The highest BCUT2D eigenvalue weighted by Crippen LogP contribution is 2.23. The van der Waals surface area contributed by atoms with Crippen LogP contribution in [0.3, 0.4) is 0 Å². The van der Waals surface area contributed by atoms with Crippen LogP contribution in [0.5, 0.6) is 5.75 Å². The molecule has 2 rings (SSSR count). The van der Waals surface area contributed by atoms with Gasteiger partial charge in [0.1, 0.15) is 11.6 Å². The normalized spacial score (nSPS) is 11.2. The zero-order chi connectivity index (χ0) is 15.5. The number of carbonyl (C=O) groups excluding carboxylic acids is 1. The summed E-state index contributed by atoms with van der Waals surface area (Å²) in [7, 11) is 0. The van der Waals surface area contributed by atoms with Gasteiger partial charge in [-0.15, -0.1) is 13.2 Å². The van der Waals surface area contributed by atoms with Crippen LogP contribution in [0, 0.1) is 5.82 Å². The van der Waals surface area contributed by atoms with Gasteiger partial charge in [-0.05, 0) is 29.8 Å². The van der Waals surface area contributed by atoms with Crippen molar-refractivity contribution in [1.29, 1.82) is 0 Å². The molecule has 21 heavy (non-hydrogen) atoms. The summed E-state index contributed by atoms with van der Waals surface area (Å²) in [6.07, 6.45) is -4.84. The third kappa shape index (κ3) is 4.59. The molecule has 0 bridgehead atoms. The number of alkyl halides is 3. The molecule has 0 aliphatic rings. The van der Waals surface area contributed by atoms with Crippen LogP contribution in [-0.4, -0.2) is 12.1 Å². The highest BCUT2D eigenvalue weighted by molar-refractivity contribution is 5.97. The van der Waals surface area contributed by atoms with Gasteiger partial charge in [-0.3, -0.25) is 4.79 Å². The van der Waals surface area contributed by atoms with E-state index in [1.54, 1.807) is 0 Å². The first-order valence-corrected chi connectivity index (χ1v) is 5.97. The number of benzene rings is 2. The zero-order valence-electron chi connectivity index (χ0n) is 10.7.